The van der Waals surface area contributed by atoms with Crippen molar-refractivity contribution in [3.05, 3.63) is 58.7 Å². The summed E-state index contributed by atoms with van der Waals surface area (Å²) < 4.78 is 11.3. The van der Waals surface area contributed by atoms with Crippen LogP contribution in [0.2, 0.25) is 5.02 Å². The first-order valence-electron chi connectivity index (χ1n) is 18.7. The molecule has 2 aromatic carbocycles. The number of carbonyl (C=O) groups is 4. The van der Waals surface area contributed by atoms with Crippen LogP contribution in [-0.4, -0.2) is 91.4 Å². The van der Waals surface area contributed by atoms with Crippen molar-refractivity contribution >= 4 is 46.1 Å². The van der Waals surface area contributed by atoms with Gasteiger partial charge in [-0.3, -0.25) is 19.2 Å². The van der Waals surface area contributed by atoms with Crippen LogP contribution in [0, 0.1) is 23.7 Å². The zero-order chi connectivity index (χ0) is 37.4. The Labute approximate surface area is 312 Å². The van der Waals surface area contributed by atoms with Gasteiger partial charge in [0, 0.05) is 60.9 Å². The predicted octanol–water partition coefficient (Wildman–Crippen LogP) is 5.85. The van der Waals surface area contributed by atoms with Crippen LogP contribution in [-0.2, 0) is 20.8 Å². The number of fused-ring (bicyclic) bond motifs is 2. The molecule has 0 radical (unpaired) electrons. The molecular formula is C40H54ClN5O6. The highest BCUT2D eigenvalue weighted by Crippen LogP contribution is 2.38. The molecule has 0 spiro atoms. The highest BCUT2D eigenvalue weighted by atomic mass is 35.5. The summed E-state index contributed by atoms with van der Waals surface area (Å²) in [6, 6.07) is 10.6. The largest absolute Gasteiger partial charge is 0.493 e. The number of likely N-dealkylation sites (N-methyl/N-ethyl adjacent to an activating group) is 1. The van der Waals surface area contributed by atoms with Gasteiger partial charge >= 0.3 is 0 Å². The Morgan fingerprint density at radius 1 is 0.981 bits per heavy atom. The van der Waals surface area contributed by atoms with Crippen molar-refractivity contribution in [3.8, 4) is 11.5 Å². The van der Waals surface area contributed by atoms with E-state index in [-0.39, 0.29) is 61.1 Å². The van der Waals surface area contributed by atoms with E-state index in [0.29, 0.717) is 41.7 Å². The maximum absolute atomic E-state index is 13.7. The average Bonchev–Trinajstić information content (AvgIpc) is 3.90. The lowest BCUT2D eigenvalue weighted by atomic mass is 9.79. The van der Waals surface area contributed by atoms with Crippen LogP contribution < -0.4 is 20.1 Å². The van der Waals surface area contributed by atoms with Crippen molar-refractivity contribution < 1.29 is 28.7 Å². The van der Waals surface area contributed by atoms with Crippen LogP contribution in [0.25, 0.3) is 10.9 Å². The zero-order valence-corrected chi connectivity index (χ0v) is 31.9. The Balaban J connectivity index is 0.000000577. The Bertz CT molecular complexity index is 1720. The van der Waals surface area contributed by atoms with Gasteiger partial charge in [-0.15, -0.1) is 0 Å². The number of hydrogen-bond acceptors (Lipinski definition) is 6. The highest BCUT2D eigenvalue weighted by Gasteiger charge is 2.48. The molecule has 3 atom stereocenters. The second-order valence-corrected chi connectivity index (χ2v) is 15.0. The van der Waals surface area contributed by atoms with E-state index in [2.05, 4.69) is 22.5 Å². The lowest BCUT2D eigenvalue weighted by molar-refractivity contribution is -0.139. The van der Waals surface area contributed by atoms with Crippen LogP contribution in [0.15, 0.2) is 42.6 Å². The first-order chi connectivity index (χ1) is 25.0. The molecule has 3 fully saturated rings. The summed E-state index contributed by atoms with van der Waals surface area (Å²) in [7, 11) is 3.03. The SMILES string of the molecule is CCCC1CCCC1.CNC(=O)CNC(=O)C1CN(C(=O)Cc2c[nH]c3cc(Cl)ccc23)CC2CN(C(=O)c3ccc(OC(C)C)c(OC)c3)CC21. The smallest absolute Gasteiger partial charge is 0.254 e. The van der Waals surface area contributed by atoms with E-state index in [4.69, 9.17) is 21.1 Å². The molecule has 2 saturated heterocycles. The fourth-order valence-corrected chi connectivity index (χ4v) is 8.10. The zero-order valence-electron chi connectivity index (χ0n) is 31.1. The lowest BCUT2D eigenvalue weighted by Gasteiger charge is -2.39. The minimum absolute atomic E-state index is 0.0567. The van der Waals surface area contributed by atoms with Crippen molar-refractivity contribution in [2.45, 2.75) is 71.8 Å². The number of nitrogens with zero attached hydrogens (tertiary/aromatic N) is 2. The summed E-state index contributed by atoms with van der Waals surface area (Å²) in [5.41, 5.74) is 2.13. The van der Waals surface area contributed by atoms with E-state index in [0.717, 1.165) is 22.4 Å². The van der Waals surface area contributed by atoms with Gasteiger partial charge in [-0.05, 0) is 67.5 Å². The van der Waals surface area contributed by atoms with Gasteiger partial charge in [-0.25, -0.2) is 0 Å². The van der Waals surface area contributed by atoms with E-state index in [1.54, 1.807) is 40.3 Å². The molecule has 11 nitrogen and oxygen atoms in total. The summed E-state index contributed by atoms with van der Waals surface area (Å²) in [4.78, 5) is 59.2. The number of carbonyl (C=O) groups excluding carboxylic acids is 4. The molecule has 1 saturated carbocycles. The molecule has 282 valence electrons. The third-order valence-corrected chi connectivity index (χ3v) is 10.8. The summed E-state index contributed by atoms with van der Waals surface area (Å²) in [6.45, 7) is 7.33. The fraction of sp³-hybridized carbons (Fsp3) is 0.550. The quantitative estimate of drug-likeness (QED) is 0.227. The molecule has 2 aliphatic heterocycles. The number of ether oxygens (including phenoxy) is 2. The lowest BCUT2D eigenvalue weighted by Crippen LogP contribution is -2.54. The van der Waals surface area contributed by atoms with E-state index in [1.165, 1.54) is 52.7 Å². The predicted molar refractivity (Wildman–Crippen MR) is 203 cm³/mol. The van der Waals surface area contributed by atoms with E-state index < -0.39 is 5.92 Å². The number of H-pyrrole nitrogens is 1. The van der Waals surface area contributed by atoms with Crippen LogP contribution in [0.1, 0.15) is 75.2 Å². The standard InChI is InChI=1S/C32H38ClN5O6.C8H16/c1-18(2)44-27-8-5-19(9-28(27)43-4)32(42)38-15-21-14-37(17-25(24(21)16-38)31(41)36-13-29(39)34-3)30(40)10-20-12-35-26-11-22(33)6-7-23(20)26;1-2-5-8-6-3-4-7-8/h5-9,11-12,18,21,24-25,35H,10,13-17H2,1-4H3,(H,34,39)(H,36,41);8H,2-7H2,1H3. The number of aromatic nitrogens is 1. The van der Waals surface area contributed by atoms with Crippen molar-refractivity contribution in [2.24, 2.45) is 23.7 Å². The average molecular weight is 736 g/mol. The van der Waals surface area contributed by atoms with Crippen LogP contribution in [0.3, 0.4) is 0 Å². The van der Waals surface area contributed by atoms with E-state index in [1.807, 2.05) is 26.0 Å². The van der Waals surface area contributed by atoms with Gasteiger partial charge in [0.2, 0.25) is 17.7 Å². The highest BCUT2D eigenvalue weighted by molar-refractivity contribution is 6.31. The van der Waals surface area contributed by atoms with Crippen molar-refractivity contribution in [3.63, 3.8) is 0 Å². The second kappa shape index (κ2) is 18.0. The number of hydrogen-bond donors (Lipinski definition) is 3. The molecular weight excluding hydrogens is 682 g/mol. The van der Waals surface area contributed by atoms with Gasteiger partial charge in [-0.1, -0.05) is 63.1 Å². The molecule has 3 unspecified atom stereocenters. The number of benzene rings is 2. The third kappa shape index (κ3) is 9.59. The molecule has 4 amide bonds. The molecule has 1 aromatic heterocycles. The number of aromatic amines is 1. The maximum Gasteiger partial charge on any atom is 0.254 e. The number of nitrogens with one attached hydrogen (secondary N) is 3. The number of methoxy groups -OCH3 is 1. The van der Waals surface area contributed by atoms with Crippen molar-refractivity contribution in [1.82, 2.24) is 25.4 Å². The first kappa shape index (κ1) is 39.0. The number of halogens is 1. The minimum Gasteiger partial charge on any atom is -0.493 e. The third-order valence-electron chi connectivity index (χ3n) is 10.6. The maximum atomic E-state index is 13.7. The molecule has 0 bridgehead atoms. The molecule has 3 aliphatic rings. The van der Waals surface area contributed by atoms with Gasteiger partial charge in [0.1, 0.15) is 0 Å². The molecule has 6 rings (SSSR count). The van der Waals surface area contributed by atoms with Crippen molar-refractivity contribution in [2.75, 3.05) is 46.9 Å². The Kier molecular flexibility index (Phi) is 13.5. The molecule has 52 heavy (non-hydrogen) atoms. The second-order valence-electron chi connectivity index (χ2n) is 14.6. The summed E-state index contributed by atoms with van der Waals surface area (Å²) in [6.07, 6.45) is 10.8. The first-order valence-corrected chi connectivity index (χ1v) is 19.0. The monoisotopic (exact) mass is 735 g/mol. The van der Waals surface area contributed by atoms with Gasteiger partial charge in [0.25, 0.3) is 5.91 Å². The summed E-state index contributed by atoms with van der Waals surface area (Å²) in [5, 5.41) is 6.74. The Hall–Kier alpha value is -4.25. The molecule has 3 heterocycles. The molecule has 3 N–H and O–H groups in total. The van der Waals surface area contributed by atoms with Crippen molar-refractivity contribution in [1.29, 1.82) is 0 Å². The normalized spacial score (nSPS) is 19.9. The van der Waals surface area contributed by atoms with Crippen LogP contribution in [0.5, 0.6) is 11.5 Å². The number of piperidine rings is 1. The van der Waals surface area contributed by atoms with Crippen LogP contribution in [0.4, 0.5) is 0 Å². The summed E-state index contributed by atoms with van der Waals surface area (Å²) in [5.74, 6) is 0.325. The van der Waals surface area contributed by atoms with Gasteiger partial charge < -0.3 is 34.9 Å². The van der Waals surface area contributed by atoms with Gasteiger partial charge in [-0.2, -0.15) is 0 Å². The van der Waals surface area contributed by atoms with E-state index in [9.17, 15) is 19.2 Å². The Morgan fingerprint density at radius 3 is 2.42 bits per heavy atom. The van der Waals surface area contributed by atoms with Gasteiger partial charge in [0.15, 0.2) is 11.5 Å². The topological polar surface area (TPSA) is 133 Å². The summed E-state index contributed by atoms with van der Waals surface area (Å²) >= 11 is 6.12. The molecule has 1 aliphatic carbocycles. The Morgan fingerprint density at radius 2 is 1.73 bits per heavy atom. The molecule has 12 heteroatoms. The fourth-order valence-electron chi connectivity index (χ4n) is 7.93. The number of likely N-dealkylation sites (tertiary alicyclic amines) is 2. The van der Waals surface area contributed by atoms with E-state index >= 15 is 0 Å². The number of amides is 4. The van der Waals surface area contributed by atoms with Crippen LogP contribution >= 0.6 is 11.6 Å². The molecule has 3 aromatic rings. The number of rotatable bonds is 11. The van der Waals surface area contributed by atoms with Gasteiger partial charge in [0.05, 0.1) is 32.1 Å². The minimum atomic E-state index is -0.585.